The molecule has 2 heterocycles. The lowest BCUT2D eigenvalue weighted by Gasteiger charge is -2.05. The van der Waals surface area contributed by atoms with Crippen molar-refractivity contribution >= 4 is 39.1 Å². The molecule has 2 aromatic heterocycles. The van der Waals surface area contributed by atoms with Crippen molar-refractivity contribution in [3.63, 3.8) is 0 Å². The molecule has 0 unspecified atom stereocenters. The van der Waals surface area contributed by atoms with Gasteiger partial charge in [-0.05, 0) is 47.5 Å². The molecule has 6 nitrogen and oxygen atoms in total. The van der Waals surface area contributed by atoms with Crippen LogP contribution in [-0.4, -0.2) is 25.5 Å². The van der Waals surface area contributed by atoms with Gasteiger partial charge in [-0.25, -0.2) is 0 Å². The zero-order valence-corrected chi connectivity index (χ0v) is 16.2. The van der Waals surface area contributed by atoms with Gasteiger partial charge in [0.25, 0.3) is 0 Å². The van der Waals surface area contributed by atoms with Crippen molar-refractivity contribution in [1.29, 1.82) is 0 Å². The first-order valence-electron chi connectivity index (χ1n) is 7.68. The number of aryl methyl sites for hydroxylation is 1. The van der Waals surface area contributed by atoms with Gasteiger partial charge in [0.15, 0.2) is 0 Å². The van der Waals surface area contributed by atoms with Crippen LogP contribution in [0.1, 0.15) is 17.0 Å². The van der Waals surface area contributed by atoms with E-state index in [0.29, 0.717) is 17.3 Å². The molecule has 0 aliphatic rings. The van der Waals surface area contributed by atoms with Crippen molar-refractivity contribution in [2.45, 2.75) is 26.9 Å². The number of benzene rings is 1. The SMILES string of the molecule is Cc1nn(CC(=O)Nc2cnn(Cc3cccc(Cl)c3)c2)c(C)c1Br. The maximum atomic E-state index is 12.2. The number of aromatic nitrogens is 4. The van der Waals surface area contributed by atoms with Crippen LogP contribution in [0.3, 0.4) is 0 Å². The summed E-state index contributed by atoms with van der Waals surface area (Å²) in [5.74, 6) is -0.152. The number of hydrogen-bond donors (Lipinski definition) is 1. The Balaban J connectivity index is 1.62. The summed E-state index contributed by atoms with van der Waals surface area (Å²) >= 11 is 9.45. The summed E-state index contributed by atoms with van der Waals surface area (Å²) in [5.41, 5.74) is 3.47. The quantitative estimate of drug-likeness (QED) is 0.680. The molecular formula is C17H17BrClN5O. The molecule has 3 rings (SSSR count). The van der Waals surface area contributed by atoms with Gasteiger partial charge in [0, 0.05) is 11.2 Å². The van der Waals surface area contributed by atoms with Gasteiger partial charge in [-0.1, -0.05) is 23.7 Å². The van der Waals surface area contributed by atoms with Gasteiger partial charge in [-0.2, -0.15) is 10.2 Å². The van der Waals surface area contributed by atoms with Crippen LogP contribution in [0.2, 0.25) is 5.02 Å². The van der Waals surface area contributed by atoms with Gasteiger partial charge < -0.3 is 5.32 Å². The van der Waals surface area contributed by atoms with Crippen LogP contribution in [0.4, 0.5) is 5.69 Å². The summed E-state index contributed by atoms with van der Waals surface area (Å²) in [5, 5.41) is 12.1. The Labute approximate surface area is 158 Å². The molecule has 8 heteroatoms. The molecule has 0 fully saturated rings. The maximum absolute atomic E-state index is 12.2. The summed E-state index contributed by atoms with van der Waals surface area (Å²) in [6.45, 7) is 4.55. The topological polar surface area (TPSA) is 64.7 Å². The van der Waals surface area contributed by atoms with E-state index >= 15 is 0 Å². The summed E-state index contributed by atoms with van der Waals surface area (Å²) in [7, 11) is 0. The molecular weight excluding hydrogens is 406 g/mol. The van der Waals surface area contributed by atoms with E-state index in [1.165, 1.54) is 0 Å². The molecule has 3 aromatic rings. The number of carbonyl (C=O) groups excluding carboxylic acids is 1. The molecule has 0 bridgehead atoms. The number of carbonyl (C=O) groups is 1. The van der Waals surface area contributed by atoms with Crippen LogP contribution >= 0.6 is 27.5 Å². The van der Waals surface area contributed by atoms with E-state index in [1.807, 2.05) is 38.1 Å². The second kappa shape index (κ2) is 7.41. The first-order chi connectivity index (χ1) is 11.9. The van der Waals surface area contributed by atoms with Crippen molar-refractivity contribution in [3.8, 4) is 0 Å². The number of anilines is 1. The first kappa shape index (κ1) is 17.7. The third-order valence-electron chi connectivity index (χ3n) is 3.74. The van der Waals surface area contributed by atoms with E-state index in [-0.39, 0.29) is 12.5 Å². The smallest absolute Gasteiger partial charge is 0.246 e. The number of rotatable bonds is 5. The Morgan fingerprint density at radius 2 is 2.16 bits per heavy atom. The summed E-state index contributed by atoms with van der Waals surface area (Å²) in [4.78, 5) is 12.2. The molecule has 0 spiro atoms. The third-order valence-corrected chi connectivity index (χ3v) is 5.12. The van der Waals surface area contributed by atoms with Crippen molar-refractivity contribution in [1.82, 2.24) is 19.6 Å². The Morgan fingerprint density at radius 1 is 1.36 bits per heavy atom. The summed E-state index contributed by atoms with van der Waals surface area (Å²) < 4.78 is 4.35. The fourth-order valence-electron chi connectivity index (χ4n) is 2.50. The van der Waals surface area contributed by atoms with E-state index < -0.39 is 0 Å². The van der Waals surface area contributed by atoms with Gasteiger partial charge in [0.05, 0.1) is 34.3 Å². The molecule has 0 aliphatic carbocycles. The zero-order chi connectivity index (χ0) is 18.0. The molecule has 1 N–H and O–H groups in total. The molecule has 0 radical (unpaired) electrons. The van der Waals surface area contributed by atoms with Gasteiger partial charge in [-0.15, -0.1) is 0 Å². The van der Waals surface area contributed by atoms with Crippen molar-refractivity contribution in [3.05, 3.63) is 63.1 Å². The Hall–Kier alpha value is -2.12. The minimum absolute atomic E-state index is 0.151. The standard InChI is InChI=1S/C17H17BrClN5O/c1-11-17(18)12(2)24(22-11)10-16(25)21-15-7-20-23(9-15)8-13-4-3-5-14(19)6-13/h3-7,9H,8,10H2,1-2H3,(H,21,25). The van der Waals surface area contributed by atoms with E-state index in [9.17, 15) is 4.79 Å². The second-order valence-electron chi connectivity index (χ2n) is 5.75. The molecule has 0 saturated heterocycles. The first-order valence-corrected chi connectivity index (χ1v) is 8.85. The van der Waals surface area contributed by atoms with Gasteiger partial charge in [-0.3, -0.25) is 14.2 Å². The highest BCUT2D eigenvalue weighted by Crippen LogP contribution is 2.19. The van der Waals surface area contributed by atoms with Gasteiger partial charge in [0.1, 0.15) is 6.54 Å². The average Bonchev–Trinajstić information content (AvgIpc) is 3.08. The van der Waals surface area contributed by atoms with Gasteiger partial charge in [0.2, 0.25) is 5.91 Å². The van der Waals surface area contributed by atoms with Crippen LogP contribution < -0.4 is 5.32 Å². The predicted octanol–water partition coefficient (Wildman–Crippen LogP) is 3.80. The van der Waals surface area contributed by atoms with Crippen LogP contribution in [-0.2, 0) is 17.9 Å². The largest absolute Gasteiger partial charge is 0.322 e. The summed E-state index contributed by atoms with van der Waals surface area (Å²) in [6.07, 6.45) is 3.41. The number of nitrogens with one attached hydrogen (secondary N) is 1. The Morgan fingerprint density at radius 3 is 2.84 bits per heavy atom. The fourth-order valence-corrected chi connectivity index (χ4v) is 3.00. The van der Waals surface area contributed by atoms with Crippen LogP contribution in [0, 0.1) is 13.8 Å². The fraction of sp³-hybridized carbons (Fsp3) is 0.235. The minimum Gasteiger partial charge on any atom is -0.322 e. The minimum atomic E-state index is -0.152. The van der Waals surface area contributed by atoms with E-state index in [0.717, 1.165) is 21.4 Å². The molecule has 25 heavy (non-hydrogen) atoms. The second-order valence-corrected chi connectivity index (χ2v) is 6.98. The number of nitrogens with zero attached hydrogens (tertiary/aromatic N) is 4. The highest BCUT2D eigenvalue weighted by Gasteiger charge is 2.12. The van der Waals surface area contributed by atoms with Crippen molar-refractivity contribution in [2.75, 3.05) is 5.32 Å². The van der Waals surface area contributed by atoms with Gasteiger partial charge >= 0.3 is 0 Å². The third kappa shape index (κ3) is 4.29. The molecule has 0 aliphatic heterocycles. The maximum Gasteiger partial charge on any atom is 0.246 e. The lowest BCUT2D eigenvalue weighted by atomic mass is 10.2. The van der Waals surface area contributed by atoms with E-state index in [2.05, 4.69) is 31.4 Å². The van der Waals surface area contributed by atoms with E-state index in [1.54, 1.807) is 21.8 Å². The molecule has 1 aromatic carbocycles. The lowest BCUT2D eigenvalue weighted by molar-refractivity contribution is -0.116. The van der Waals surface area contributed by atoms with Crippen LogP contribution in [0.15, 0.2) is 41.1 Å². The summed E-state index contributed by atoms with van der Waals surface area (Å²) in [6, 6.07) is 7.60. The molecule has 1 amide bonds. The Bertz CT molecular complexity index is 918. The van der Waals surface area contributed by atoms with Crippen molar-refractivity contribution in [2.24, 2.45) is 0 Å². The predicted molar refractivity (Wildman–Crippen MR) is 101 cm³/mol. The zero-order valence-electron chi connectivity index (χ0n) is 13.8. The van der Waals surface area contributed by atoms with E-state index in [4.69, 9.17) is 11.6 Å². The normalized spacial score (nSPS) is 10.9. The highest BCUT2D eigenvalue weighted by molar-refractivity contribution is 9.10. The molecule has 130 valence electrons. The van der Waals surface area contributed by atoms with Crippen molar-refractivity contribution < 1.29 is 4.79 Å². The van der Waals surface area contributed by atoms with Crippen LogP contribution in [0.25, 0.3) is 0 Å². The monoisotopic (exact) mass is 421 g/mol. The molecule has 0 saturated carbocycles. The molecule has 0 atom stereocenters. The van der Waals surface area contributed by atoms with Crippen LogP contribution in [0.5, 0.6) is 0 Å². The Kier molecular flexibility index (Phi) is 5.24. The highest BCUT2D eigenvalue weighted by atomic mass is 79.9. The number of hydrogen-bond acceptors (Lipinski definition) is 3. The lowest BCUT2D eigenvalue weighted by Crippen LogP contribution is -2.20. The number of halogens is 2. The number of amides is 1. The average molecular weight is 423 g/mol.